The van der Waals surface area contributed by atoms with Crippen LogP contribution < -0.4 is 21.1 Å². The second kappa shape index (κ2) is 12.6. The van der Waals surface area contributed by atoms with Crippen molar-refractivity contribution in [1.29, 1.82) is 0 Å². The van der Waals surface area contributed by atoms with Gasteiger partial charge in [-0.2, -0.15) is 13.2 Å². The summed E-state index contributed by atoms with van der Waals surface area (Å²) in [7, 11) is 3.78. The number of aliphatic hydroxyl groups excluding tert-OH is 1. The lowest BCUT2D eigenvalue weighted by Gasteiger charge is -2.17. The van der Waals surface area contributed by atoms with E-state index in [0.717, 1.165) is 18.4 Å². The summed E-state index contributed by atoms with van der Waals surface area (Å²) in [6.07, 6.45) is -1.17. The first-order chi connectivity index (χ1) is 16.0. The van der Waals surface area contributed by atoms with Gasteiger partial charge in [-0.1, -0.05) is 30.5 Å². The highest BCUT2D eigenvalue weighted by molar-refractivity contribution is 7.11. The highest BCUT2D eigenvalue weighted by Crippen LogP contribution is 2.37. The monoisotopic (exact) mass is 499 g/mol. The fraction of sp³-hybridized carbons (Fsp3) is 0.500. The van der Waals surface area contributed by atoms with Gasteiger partial charge in [-0.25, -0.2) is 4.79 Å². The summed E-state index contributed by atoms with van der Waals surface area (Å²) in [5.74, 6) is -1.72. The SMILES string of the molecule is Cc1ccc(C(F)(F)Oc2nsc(NC(=O)NCCCCCC(O)CN(C)C)c2C(N)=O)cc1. The molecule has 12 heteroatoms. The average Bonchev–Trinajstić information content (AvgIpc) is 3.11. The first-order valence-electron chi connectivity index (χ1n) is 10.8. The Bertz CT molecular complexity index is 953. The van der Waals surface area contributed by atoms with Crippen LogP contribution in [-0.4, -0.2) is 59.6 Å². The number of benzene rings is 1. The third kappa shape index (κ3) is 8.50. The van der Waals surface area contributed by atoms with Crippen LogP contribution in [0.15, 0.2) is 24.3 Å². The molecule has 5 N–H and O–H groups in total. The van der Waals surface area contributed by atoms with Crippen molar-refractivity contribution in [3.05, 3.63) is 41.0 Å². The zero-order valence-corrected chi connectivity index (χ0v) is 20.3. The number of hydrogen-bond acceptors (Lipinski definition) is 7. The van der Waals surface area contributed by atoms with E-state index in [0.29, 0.717) is 37.5 Å². The summed E-state index contributed by atoms with van der Waals surface area (Å²) >= 11 is 0.614. The van der Waals surface area contributed by atoms with Crippen molar-refractivity contribution >= 4 is 28.5 Å². The summed E-state index contributed by atoms with van der Waals surface area (Å²) in [6, 6.07) is 4.80. The molecule has 0 fully saturated rings. The van der Waals surface area contributed by atoms with E-state index in [1.807, 2.05) is 19.0 Å². The van der Waals surface area contributed by atoms with Gasteiger partial charge in [-0.05, 0) is 57.5 Å². The Morgan fingerprint density at radius 2 is 1.91 bits per heavy atom. The lowest BCUT2D eigenvalue weighted by atomic mass is 10.1. The van der Waals surface area contributed by atoms with E-state index in [1.165, 1.54) is 24.3 Å². The number of hydrogen-bond donors (Lipinski definition) is 4. The molecule has 1 unspecified atom stereocenters. The number of halogens is 2. The van der Waals surface area contributed by atoms with Crippen molar-refractivity contribution < 1.29 is 28.2 Å². The van der Waals surface area contributed by atoms with Crippen LogP contribution in [0.1, 0.15) is 47.2 Å². The number of nitrogens with zero attached hydrogens (tertiary/aromatic N) is 2. The quantitative estimate of drug-likeness (QED) is 0.313. The number of rotatable bonds is 13. The number of aryl methyl sites for hydroxylation is 1. The number of unbranched alkanes of at least 4 members (excludes halogenated alkanes) is 2. The van der Waals surface area contributed by atoms with Gasteiger partial charge >= 0.3 is 12.1 Å². The first kappa shape index (κ1) is 27.4. The third-order valence-corrected chi connectivity index (χ3v) is 5.57. The largest absolute Gasteiger partial charge is 0.427 e. The number of alkyl halides is 2. The number of likely N-dealkylation sites (N-methyl/N-ethyl adjacent to an activating group) is 1. The molecular formula is C22H31F2N5O4S. The summed E-state index contributed by atoms with van der Waals surface area (Å²) in [6.45, 7) is 2.71. The molecule has 0 bridgehead atoms. The van der Waals surface area contributed by atoms with Crippen molar-refractivity contribution in [2.24, 2.45) is 5.73 Å². The van der Waals surface area contributed by atoms with Crippen LogP contribution >= 0.6 is 11.5 Å². The topological polar surface area (TPSA) is 130 Å². The Hall–Kier alpha value is -2.83. The van der Waals surface area contributed by atoms with Gasteiger partial charge < -0.3 is 25.8 Å². The predicted octanol–water partition coefficient (Wildman–Crippen LogP) is 3.28. The lowest BCUT2D eigenvalue weighted by Crippen LogP contribution is -2.30. The molecule has 9 nitrogen and oxygen atoms in total. The molecule has 0 radical (unpaired) electrons. The number of nitrogens with two attached hydrogens (primary N) is 1. The molecule has 1 heterocycles. The Kier molecular flexibility index (Phi) is 10.1. The van der Waals surface area contributed by atoms with Gasteiger partial charge in [0.05, 0.1) is 11.7 Å². The molecule has 0 spiro atoms. The molecule has 1 aromatic heterocycles. The molecule has 1 aromatic carbocycles. The second-order valence-corrected chi connectivity index (χ2v) is 8.96. The van der Waals surface area contributed by atoms with Crippen LogP contribution in [0, 0.1) is 6.92 Å². The van der Waals surface area contributed by atoms with E-state index >= 15 is 0 Å². The zero-order valence-electron chi connectivity index (χ0n) is 19.4. The summed E-state index contributed by atoms with van der Waals surface area (Å²) in [4.78, 5) is 26.0. The smallest absolute Gasteiger partial charge is 0.409 e. The van der Waals surface area contributed by atoms with Gasteiger partial charge in [-0.3, -0.25) is 10.1 Å². The highest BCUT2D eigenvalue weighted by atomic mass is 32.1. The number of urea groups is 1. The number of carbonyl (C=O) groups is 2. The van der Waals surface area contributed by atoms with Crippen molar-refractivity contribution in [2.45, 2.75) is 44.8 Å². The molecule has 3 amide bonds. The summed E-state index contributed by atoms with van der Waals surface area (Å²) in [5, 5.41) is 14.8. The minimum Gasteiger partial charge on any atom is -0.409 e. The molecule has 0 saturated heterocycles. The third-order valence-electron chi connectivity index (χ3n) is 4.82. The van der Waals surface area contributed by atoms with E-state index in [4.69, 9.17) is 10.5 Å². The molecule has 2 rings (SSSR count). The average molecular weight is 500 g/mol. The minimum atomic E-state index is -3.76. The van der Waals surface area contributed by atoms with E-state index in [9.17, 15) is 23.5 Å². The number of aliphatic hydroxyl groups is 1. The predicted molar refractivity (Wildman–Crippen MR) is 126 cm³/mol. The van der Waals surface area contributed by atoms with Crippen molar-refractivity contribution in [3.8, 4) is 5.88 Å². The Labute approximate surface area is 201 Å². The molecule has 0 aliphatic carbocycles. The number of aromatic nitrogens is 1. The van der Waals surface area contributed by atoms with Gasteiger partial charge in [0.15, 0.2) is 0 Å². The highest BCUT2D eigenvalue weighted by Gasteiger charge is 2.37. The summed E-state index contributed by atoms with van der Waals surface area (Å²) < 4.78 is 37.5. The first-order valence-corrected chi connectivity index (χ1v) is 11.6. The number of nitrogens with one attached hydrogen (secondary N) is 2. The maximum absolute atomic E-state index is 14.5. The molecule has 0 aliphatic heterocycles. The molecular weight excluding hydrogens is 468 g/mol. The maximum atomic E-state index is 14.5. The van der Waals surface area contributed by atoms with Gasteiger partial charge in [0.2, 0.25) is 5.88 Å². The van der Waals surface area contributed by atoms with Crippen LogP contribution in [0.3, 0.4) is 0 Å². The van der Waals surface area contributed by atoms with Crippen LogP contribution in [0.25, 0.3) is 0 Å². The zero-order chi connectivity index (χ0) is 25.3. The van der Waals surface area contributed by atoms with E-state index < -0.39 is 35.1 Å². The number of anilines is 1. The van der Waals surface area contributed by atoms with Gasteiger partial charge in [-0.15, -0.1) is 0 Å². The van der Waals surface area contributed by atoms with E-state index in [-0.39, 0.29) is 11.1 Å². The maximum Gasteiger partial charge on any atom is 0.427 e. The molecule has 34 heavy (non-hydrogen) atoms. The summed E-state index contributed by atoms with van der Waals surface area (Å²) in [5.41, 5.74) is 5.28. The van der Waals surface area contributed by atoms with Crippen molar-refractivity contribution in [3.63, 3.8) is 0 Å². The van der Waals surface area contributed by atoms with E-state index in [2.05, 4.69) is 15.0 Å². The molecule has 2 aromatic rings. The number of carbonyl (C=O) groups excluding carboxylic acids is 2. The number of amides is 3. The Balaban J connectivity index is 1.88. The Morgan fingerprint density at radius 3 is 2.53 bits per heavy atom. The van der Waals surface area contributed by atoms with Gasteiger partial charge in [0, 0.05) is 13.1 Å². The fourth-order valence-corrected chi connectivity index (χ4v) is 3.84. The van der Waals surface area contributed by atoms with Crippen LogP contribution in [0.5, 0.6) is 5.88 Å². The van der Waals surface area contributed by atoms with E-state index in [1.54, 1.807) is 6.92 Å². The fourth-order valence-electron chi connectivity index (χ4n) is 3.12. The number of primary amides is 1. The van der Waals surface area contributed by atoms with Gasteiger partial charge in [0.1, 0.15) is 10.6 Å². The Morgan fingerprint density at radius 1 is 1.24 bits per heavy atom. The molecule has 0 aliphatic rings. The van der Waals surface area contributed by atoms with Gasteiger partial charge in [0.25, 0.3) is 5.91 Å². The normalized spacial score (nSPS) is 12.4. The molecule has 188 valence electrons. The minimum absolute atomic E-state index is 0.0912. The van der Waals surface area contributed by atoms with Crippen molar-refractivity contribution in [1.82, 2.24) is 14.6 Å². The number of ether oxygens (including phenoxy) is 1. The lowest BCUT2D eigenvalue weighted by molar-refractivity contribution is -0.187. The standard InChI is InChI=1S/C22H31F2N5O4S/c1-14-8-10-15(11-9-14)22(23,24)33-19-17(18(25)31)20(34-28-19)27-21(32)26-12-6-4-5-7-16(30)13-29(2)3/h8-11,16,30H,4-7,12-13H2,1-3H3,(H2,25,31)(H2,26,27,32). The van der Waals surface area contributed by atoms with Crippen LogP contribution in [0.4, 0.5) is 18.6 Å². The second-order valence-electron chi connectivity index (χ2n) is 8.19. The van der Waals surface area contributed by atoms with Crippen LogP contribution in [-0.2, 0) is 6.11 Å². The van der Waals surface area contributed by atoms with Crippen LogP contribution in [0.2, 0.25) is 0 Å². The molecule has 0 saturated carbocycles. The van der Waals surface area contributed by atoms with Crippen molar-refractivity contribution in [2.75, 3.05) is 32.5 Å². The molecule has 1 atom stereocenters.